The highest BCUT2D eigenvalue weighted by Crippen LogP contribution is 2.44. The molecule has 1 atom stereocenters. The molecule has 0 radical (unpaired) electrons. The molecule has 0 spiro atoms. The quantitative estimate of drug-likeness (QED) is 0.635. The maximum absolute atomic E-state index is 6.10. The van der Waals surface area contributed by atoms with E-state index in [0.29, 0.717) is 10.8 Å². The SMILES string of the molecule is CCC1(CN2CCC(Cl)C2)CCC1. The van der Waals surface area contributed by atoms with Gasteiger partial charge in [-0.05, 0) is 37.6 Å². The highest BCUT2D eigenvalue weighted by atomic mass is 35.5. The Labute approximate surface area is 86.4 Å². The van der Waals surface area contributed by atoms with Crippen molar-refractivity contribution in [3.63, 3.8) is 0 Å². The lowest BCUT2D eigenvalue weighted by atomic mass is 9.67. The number of likely N-dealkylation sites (tertiary alicyclic amines) is 1. The summed E-state index contributed by atoms with van der Waals surface area (Å²) in [4.78, 5) is 2.57. The van der Waals surface area contributed by atoms with Crippen LogP contribution in [0.4, 0.5) is 0 Å². The zero-order chi connectivity index (χ0) is 9.31. The first-order valence-corrected chi connectivity index (χ1v) is 6.04. The number of nitrogens with zero attached hydrogens (tertiary/aromatic N) is 1. The van der Waals surface area contributed by atoms with Crippen molar-refractivity contribution in [3.8, 4) is 0 Å². The van der Waals surface area contributed by atoms with Crippen molar-refractivity contribution in [1.29, 1.82) is 0 Å². The molecule has 2 fully saturated rings. The van der Waals surface area contributed by atoms with Crippen LogP contribution in [0, 0.1) is 5.41 Å². The zero-order valence-electron chi connectivity index (χ0n) is 8.56. The van der Waals surface area contributed by atoms with Gasteiger partial charge in [-0.2, -0.15) is 0 Å². The van der Waals surface area contributed by atoms with Crippen LogP contribution in [0.2, 0.25) is 0 Å². The fraction of sp³-hybridized carbons (Fsp3) is 1.00. The Morgan fingerprint density at radius 3 is 2.62 bits per heavy atom. The molecule has 13 heavy (non-hydrogen) atoms. The van der Waals surface area contributed by atoms with Gasteiger partial charge in [0.15, 0.2) is 0 Å². The van der Waals surface area contributed by atoms with E-state index in [1.165, 1.54) is 45.2 Å². The summed E-state index contributed by atoms with van der Waals surface area (Å²) in [5.41, 5.74) is 0.681. The molecule has 2 rings (SSSR count). The molecule has 1 aliphatic heterocycles. The molecule has 0 amide bonds. The van der Waals surface area contributed by atoms with Crippen molar-refractivity contribution >= 4 is 11.6 Å². The summed E-state index contributed by atoms with van der Waals surface area (Å²) in [5, 5.41) is 0.425. The summed E-state index contributed by atoms with van der Waals surface area (Å²) in [6.07, 6.45) is 6.91. The fourth-order valence-electron chi connectivity index (χ4n) is 2.70. The summed E-state index contributed by atoms with van der Waals surface area (Å²) < 4.78 is 0. The summed E-state index contributed by atoms with van der Waals surface area (Å²) in [6, 6.07) is 0. The highest BCUT2D eigenvalue weighted by molar-refractivity contribution is 6.20. The Hall–Kier alpha value is 0.250. The van der Waals surface area contributed by atoms with Crippen LogP contribution in [0.3, 0.4) is 0 Å². The molecule has 0 bridgehead atoms. The molecule has 76 valence electrons. The van der Waals surface area contributed by atoms with Gasteiger partial charge in [0.2, 0.25) is 0 Å². The van der Waals surface area contributed by atoms with Gasteiger partial charge in [-0.1, -0.05) is 13.3 Å². The second-order valence-electron chi connectivity index (χ2n) is 4.83. The van der Waals surface area contributed by atoms with Gasteiger partial charge >= 0.3 is 0 Å². The molecular formula is C11H20ClN. The molecule has 2 aliphatic rings. The minimum Gasteiger partial charge on any atom is -0.301 e. The molecule has 0 aromatic carbocycles. The number of hydrogen-bond acceptors (Lipinski definition) is 1. The van der Waals surface area contributed by atoms with E-state index in [1.54, 1.807) is 0 Å². The Morgan fingerprint density at radius 1 is 1.46 bits per heavy atom. The third kappa shape index (κ3) is 2.02. The van der Waals surface area contributed by atoms with E-state index >= 15 is 0 Å². The van der Waals surface area contributed by atoms with E-state index in [2.05, 4.69) is 11.8 Å². The average molecular weight is 202 g/mol. The molecular weight excluding hydrogens is 182 g/mol. The average Bonchev–Trinajstić information content (AvgIpc) is 2.44. The van der Waals surface area contributed by atoms with Gasteiger partial charge in [0.1, 0.15) is 0 Å². The lowest BCUT2D eigenvalue weighted by Crippen LogP contribution is -2.41. The predicted molar refractivity (Wildman–Crippen MR) is 57.3 cm³/mol. The summed E-state index contributed by atoms with van der Waals surface area (Å²) in [5.74, 6) is 0. The van der Waals surface area contributed by atoms with Crippen LogP contribution in [-0.2, 0) is 0 Å². The molecule has 1 aliphatic carbocycles. The molecule has 0 aromatic heterocycles. The number of halogens is 1. The van der Waals surface area contributed by atoms with Gasteiger partial charge in [0, 0.05) is 18.5 Å². The van der Waals surface area contributed by atoms with Crippen molar-refractivity contribution in [2.75, 3.05) is 19.6 Å². The number of hydrogen-bond donors (Lipinski definition) is 0. The van der Waals surface area contributed by atoms with Gasteiger partial charge in [-0.3, -0.25) is 0 Å². The van der Waals surface area contributed by atoms with Gasteiger partial charge < -0.3 is 4.90 Å². The number of alkyl halides is 1. The van der Waals surface area contributed by atoms with E-state index < -0.39 is 0 Å². The largest absolute Gasteiger partial charge is 0.301 e. The molecule has 1 unspecified atom stereocenters. The summed E-state index contributed by atoms with van der Waals surface area (Å²) >= 11 is 6.10. The van der Waals surface area contributed by atoms with Crippen molar-refractivity contribution in [2.45, 2.75) is 44.4 Å². The third-order valence-electron chi connectivity index (χ3n) is 3.94. The lowest BCUT2D eigenvalue weighted by Gasteiger charge is -2.44. The van der Waals surface area contributed by atoms with Crippen molar-refractivity contribution in [2.24, 2.45) is 5.41 Å². The van der Waals surface area contributed by atoms with Gasteiger partial charge in [-0.25, -0.2) is 0 Å². The third-order valence-corrected chi connectivity index (χ3v) is 4.29. The number of rotatable bonds is 3. The fourth-order valence-corrected chi connectivity index (χ4v) is 3.00. The molecule has 0 aromatic rings. The smallest absolute Gasteiger partial charge is 0.0475 e. The first-order valence-electron chi connectivity index (χ1n) is 5.60. The van der Waals surface area contributed by atoms with Crippen molar-refractivity contribution in [1.82, 2.24) is 4.90 Å². The van der Waals surface area contributed by atoms with E-state index in [1.807, 2.05) is 0 Å². The molecule has 1 heterocycles. The molecule has 1 nitrogen and oxygen atoms in total. The standard InChI is InChI=1S/C11H20ClN/c1-2-11(5-3-6-11)9-13-7-4-10(12)8-13/h10H,2-9H2,1H3. The van der Waals surface area contributed by atoms with Gasteiger partial charge in [0.05, 0.1) is 0 Å². The topological polar surface area (TPSA) is 3.24 Å². The Morgan fingerprint density at radius 2 is 2.23 bits per heavy atom. The Kier molecular flexibility index (Phi) is 2.85. The second-order valence-corrected chi connectivity index (χ2v) is 5.45. The first-order chi connectivity index (χ1) is 6.24. The predicted octanol–water partition coefficient (Wildman–Crippen LogP) is 2.88. The normalized spacial score (nSPS) is 33.2. The molecule has 1 saturated carbocycles. The minimum absolute atomic E-state index is 0.425. The van der Waals surface area contributed by atoms with Crippen LogP contribution in [0.1, 0.15) is 39.0 Å². The lowest BCUT2D eigenvalue weighted by molar-refractivity contribution is 0.0734. The molecule has 1 saturated heterocycles. The van der Waals surface area contributed by atoms with E-state index in [4.69, 9.17) is 11.6 Å². The Balaban J connectivity index is 1.83. The van der Waals surface area contributed by atoms with Crippen LogP contribution in [-0.4, -0.2) is 29.9 Å². The van der Waals surface area contributed by atoms with Crippen molar-refractivity contribution in [3.05, 3.63) is 0 Å². The van der Waals surface area contributed by atoms with Crippen LogP contribution in [0.5, 0.6) is 0 Å². The Bertz CT molecular complexity index is 171. The van der Waals surface area contributed by atoms with E-state index in [-0.39, 0.29) is 0 Å². The van der Waals surface area contributed by atoms with Crippen LogP contribution in [0.25, 0.3) is 0 Å². The molecule has 2 heteroatoms. The second kappa shape index (κ2) is 3.78. The van der Waals surface area contributed by atoms with Crippen LogP contribution < -0.4 is 0 Å². The minimum atomic E-state index is 0.425. The highest BCUT2D eigenvalue weighted by Gasteiger charge is 2.37. The monoisotopic (exact) mass is 201 g/mol. The maximum atomic E-state index is 6.10. The zero-order valence-corrected chi connectivity index (χ0v) is 9.32. The van der Waals surface area contributed by atoms with Crippen LogP contribution >= 0.6 is 11.6 Å². The van der Waals surface area contributed by atoms with Crippen molar-refractivity contribution < 1.29 is 0 Å². The van der Waals surface area contributed by atoms with Crippen LogP contribution in [0.15, 0.2) is 0 Å². The van der Waals surface area contributed by atoms with E-state index in [9.17, 15) is 0 Å². The molecule has 0 N–H and O–H groups in total. The van der Waals surface area contributed by atoms with E-state index in [0.717, 1.165) is 6.54 Å². The summed E-state index contributed by atoms with van der Waals surface area (Å²) in [6.45, 7) is 6.01. The van der Waals surface area contributed by atoms with Gasteiger partial charge in [0.25, 0.3) is 0 Å². The first kappa shape index (κ1) is 9.79. The maximum Gasteiger partial charge on any atom is 0.0475 e. The summed E-state index contributed by atoms with van der Waals surface area (Å²) in [7, 11) is 0. The van der Waals surface area contributed by atoms with Gasteiger partial charge in [-0.15, -0.1) is 11.6 Å².